The third-order valence-corrected chi connectivity index (χ3v) is 4.28. The van der Waals surface area contributed by atoms with Crippen LogP contribution >= 0.6 is 0 Å². The number of hydrogen-bond donors (Lipinski definition) is 2. The third-order valence-electron chi connectivity index (χ3n) is 4.28. The molecule has 0 bridgehead atoms. The molecule has 0 spiro atoms. The van der Waals surface area contributed by atoms with E-state index in [1.807, 2.05) is 56.6 Å². The molecule has 0 fully saturated rings. The van der Waals surface area contributed by atoms with Crippen molar-refractivity contribution in [2.75, 3.05) is 32.5 Å². The van der Waals surface area contributed by atoms with Crippen molar-refractivity contribution in [1.29, 1.82) is 0 Å². The molecule has 0 aliphatic carbocycles. The van der Waals surface area contributed by atoms with E-state index in [2.05, 4.69) is 30.5 Å². The summed E-state index contributed by atoms with van der Waals surface area (Å²) in [6.45, 7) is 2.15. The number of amides is 1. The summed E-state index contributed by atoms with van der Waals surface area (Å²) in [7, 11) is 4.09. The summed E-state index contributed by atoms with van der Waals surface area (Å²) in [5.41, 5.74) is 2.18. The average Bonchev–Trinajstić information content (AvgIpc) is 2.76. The molecule has 3 aromatic rings. The molecule has 2 aromatic heterocycles. The van der Waals surface area contributed by atoms with E-state index in [0.717, 1.165) is 30.6 Å². The van der Waals surface area contributed by atoms with E-state index in [4.69, 9.17) is 0 Å². The van der Waals surface area contributed by atoms with Crippen molar-refractivity contribution in [2.45, 2.75) is 13.0 Å². The Morgan fingerprint density at radius 2 is 1.79 bits per heavy atom. The van der Waals surface area contributed by atoms with Crippen molar-refractivity contribution in [3.05, 3.63) is 72.2 Å². The Kier molecular flexibility index (Phi) is 7.24. The zero-order valence-electron chi connectivity index (χ0n) is 16.8. The maximum Gasteiger partial charge on any atom is 0.270 e. The second kappa shape index (κ2) is 10.3. The van der Waals surface area contributed by atoms with Crippen molar-refractivity contribution < 1.29 is 4.79 Å². The Labute approximate surface area is 171 Å². The summed E-state index contributed by atoms with van der Waals surface area (Å²) in [5.74, 6) is 0.932. The van der Waals surface area contributed by atoms with E-state index >= 15 is 0 Å². The summed E-state index contributed by atoms with van der Waals surface area (Å²) in [5, 5.41) is 6.23. The number of anilines is 1. The normalized spacial score (nSPS) is 10.7. The monoisotopic (exact) mass is 390 g/mol. The van der Waals surface area contributed by atoms with Crippen LogP contribution in [0.2, 0.25) is 0 Å². The molecule has 0 aliphatic rings. The summed E-state index contributed by atoms with van der Waals surface area (Å²) in [6.07, 6.45) is 4.38. The van der Waals surface area contributed by atoms with Gasteiger partial charge in [-0.05, 0) is 44.8 Å². The largest absolute Gasteiger partial charge is 0.370 e. The van der Waals surface area contributed by atoms with Gasteiger partial charge in [-0.25, -0.2) is 9.97 Å². The number of carbonyl (C=O) groups is 1. The molecule has 2 heterocycles. The first-order valence-electron chi connectivity index (χ1n) is 9.62. The van der Waals surface area contributed by atoms with Gasteiger partial charge in [0.25, 0.3) is 5.91 Å². The molecule has 0 atom stereocenters. The Morgan fingerprint density at radius 1 is 1.03 bits per heavy atom. The second-order valence-corrected chi connectivity index (χ2v) is 6.95. The van der Waals surface area contributed by atoms with Gasteiger partial charge >= 0.3 is 0 Å². The Balaban J connectivity index is 1.77. The molecule has 0 saturated carbocycles. The molecule has 29 heavy (non-hydrogen) atoms. The van der Waals surface area contributed by atoms with Gasteiger partial charge in [0.2, 0.25) is 0 Å². The van der Waals surface area contributed by atoms with Crippen molar-refractivity contribution in [2.24, 2.45) is 0 Å². The lowest BCUT2D eigenvalue weighted by molar-refractivity contribution is 0.0946. The summed E-state index contributed by atoms with van der Waals surface area (Å²) < 4.78 is 0. The second-order valence-electron chi connectivity index (χ2n) is 6.95. The van der Waals surface area contributed by atoms with Gasteiger partial charge < -0.3 is 15.5 Å². The Bertz CT molecular complexity index is 915. The predicted octanol–water partition coefficient (Wildman–Crippen LogP) is 2.83. The molecular weight excluding hydrogens is 364 g/mol. The first-order valence-corrected chi connectivity index (χ1v) is 9.62. The summed E-state index contributed by atoms with van der Waals surface area (Å²) >= 11 is 0. The van der Waals surface area contributed by atoms with E-state index in [1.54, 1.807) is 18.5 Å². The highest BCUT2D eigenvalue weighted by Crippen LogP contribution is 2.18. The SMILES string of the molecule is CN(C)CCCNc1cc(C(=O)NCc2ccncc2)nc(-c2ccccc2)n1. The lowest BCUT2D eigenvalue weighted by atomic mass is 10.2. The van der Waals surface area contributed by atoms with Crippen LogP contribution in [0.3, 0.4) is 0 Å². The fraction of sp³-hybridized carbons (Fsp3) is 0.273. The van der Waals surface area contributed by atoms with Crippen LogP contribution in [-0.4, -0.2) is 52.9 Å². The van der Waals surface area contributed by atoms with Crippen molar-refractivity contribution in [3.8, 4) is 11.4 Å². The number of benzene rings is 1. The first-order chi connectivity index (χ1) is 14.1. The quantitative estimate of drug-likeness (QED) is 0.547. The minimum atomic E-state index is -0.238. The zero-order chi connectivity index (χ0) is 20.5. The fourth-order valence-electron chi connectivity index (χ4n) is 2.76. The third kappa shape index (κ3) is 6.36. The molecule has 3 rings (SSSR count). The van der Waals surface area contributed by atoms with E-state index in [1.165, 1.54) is 0 Å². The minimum Gasteiger partial charge on any atom is -0.370 e. The molecule has 7 heteroatoms. The van der Waals surface area contributed by atoms with Gasteiger partial charge in [0.05, 0.1) is 0 Å². The van der Waals surface area contributed by atoms with Gasteiger partial charge in [0.15, 0.2) is 5.82 Å². The minimum absolute atomic E-state index is 0.238. The van der Waals surface area contributed by atoms with Crippen LogP contribution in [0.5, 0.6) is 0 Å². The zero-order valence-corrected chi connectivity index (χ0v) is 16.8. The molecule has 0 saturated heterocycles. The van der Waals surface area contributed by atoms with Crippen LogP contribution in [0.4, 0.5) is 5.82 Å². The Morgan fingerprint density at radius 3 is 2.52 bits per heavy atom. The van der Waals surface area contributed by atoms with Gasteiger partial charge in [-0.15, -0.1) is 0 Å². The van der Waals surface area contributed by atoms with Crippen molar-refractivity contribution in [3.63, 3.8) is 0 Å². The molecule has 2 N–H and O–H groups in total. The molecule has 0 unspecified atom stereocenters. The van der Waals surface area contributed by atoms with Crippen LogP contribution in [0.1, 0.15) is 22.5 Å². The van der Waals surface area contributed by atoms with Crippen LogP contribution in [-0.2, 0) is 6.54 Å². The fourth-order valence-corrected chi connectivity index (χ4v) is 2.76. The van der Waals surface area contributed by atoms with E-state index in [0.29, 0.717) is 23.9 Å². The lowest BCUT2D eigenvalue weighted by Crippen LogP contribution is -2.24. The highest BCUT2D eigenvalue weighted by molar-refractivity contribution is 5.93. The van der Waals surface area contributed by atoms with Gasteiger partial charge in [-0.1, -0.05) is 30.3 Å². The van der Waals surface area contributed by atoms with Crippen LogP contribution < -0.4 is 10.6 Å². The highest BCUT2D eigenvalue weighted by Gasteiger charge is 2.13. The Hall–Kier alpha value is -3.32. The molecule has 1 amide bonds. The van der Waals surface area contributed by atoms with Crippen molar-refractivity contribution in [1.82, 2.24) is 25.2 Å². The molecule has 7 nitrogen and oxygen atoms in total. The number of nitrogens with zero attached hydrogens (tertiary/aromatic N) is 4. The number of hydrogen-bond acceptors (Lipinski definition) is 6. The number of aromatic nitrogens is 3. The maximum absolute atomic E-state index is 12.7. The average molecular weight is 390 g/mol. The molecule has 1 aromatic carbocycles. The number of nitrogens with one attached hydrogen (secondary N) is 2. The smallest absolute Gasteiger partial charge is 0.270 e. The van der Waals surface area contributed by atoms with Crippen LogP contribution in [0.15, 0.2) is 60.9 Å². The van der Waals surface area contributed by atoms with E-state index in [9.17, 15) is 4.79 Å². The summed E-state index contributed by atoms with van der Waals surface area (Å²) in [6, 6.07) is 15.1. The molecule has 150 valence electrons. The number of rotatable bonds is 9. The van der Waals surface area contributed by atoms with E-state index in [-0.39, 0.29) is 5.91 Å². The van der Waals surface area contributed by atoms with Gasteiger partial charge in [-0.2, -0.15) is 0 Å². The van der Waals surface area contributed by atoms with Gasteiger partial charge in [0.1, 0.15) is 11.5 Å². The maximum atomic E-state index is 12.7. The topological polar surface area (TPSA) is 83.0 Å². The first kappa shape index (κ1) is 20.4. The summed E-state index contributed by atoms with van der Waals surface area (Å²) in [4.78, 5) is 27.9. The molecule has 0 aliphatic heterocycles. The lowest BCUT2D eigenvalue weighted by Gasteiger charge is -2.12. The van der Waals surface area contributed by atoms with E-state index < -0.39 is 0 Å². The molecule has 0 radical (unpaired) electrons. The van der Waals surface area contributed by atoms with Gasteiger partial charge in [-0.3, -0.25) is 9.78 Å². The number of carbonyl (C=O) groups excluding carboxylic acids is 1. The van der Waals surface area contributed by atoms with Crippen LogP contribution in [0, 0.1) is 0 Å². The predicted molar refractivity (Wildman–Crippen MR) is 115 cm³/mol. The molecular formula is C22H26N6O. The van der Waals surface area contributed by atoms with Crippen molar-refractivity contribution >= 4 is 11.7 Å². The van der Waals surface area contributed by atoms with Crippen LogP contribution in [0.25, 0.3) is 11.4 Å². The standard InChI is InChI=1S/C22H26N6O/c1-28(2)14-6-11-24-20-15-19(22(29)25-16-17-9-12-23-13-10-17)26-21(27-20)18-7-4-3-5-8-18/h3-5,7-10,12-13,15H,6,11,14,16H2,1-2H3,(H,25,29)(H,24,26,27). The van der Waals surface area contributed by atoms with Gasteiger partial charge in [0, 0.05) is 37.1 Å². The number of pyridine rings is 1. The highest BCUT2D eigenvalue weighted by atomic mass is 16.1.